The van der Waals surface area contributed by atoms with E-state index in [2.05, 4.69) is 10.2 Å². The normalized spacial score (nSPS) is 16.0. The van der Waals surface area contributed by atoms with Crippen molar-refractivity contribution in [2.24, 2.45) is 5.92 Å². The Hall–Kier alpha value is -3.42. The molecule has 1 saturated heterocycles. The van der Waals surface area contributed by atoms with E-state index in [4.69, 9.17) is 0 Å². The number of benzene rings is 2. The van der Waals surface area contributed by atoms with Gasteiger partial charge in [-0.25, -0.2) is 4.39 Å². The fraction of sp³-hybridized carbons (Fsp3) is 0.444. The molecule has 2 aliphatic rings. The average molecular weight is 481 g/mol. The van der Waals surface area contributed by atoms with Crippen LogP contribution in [-0.4, -0.2) is 66.8 Å². The van der Waals surface area contributed by atoms with E-state index in [1.165, 1.54) is 12.1 Å². The summed E-state index contributed by atoms with van der Waals surface area (Å²) in [7, 11) is 0. The minimum Gasteiger partial charge on any atom is -0.367 e. The van der Waals surface area contributed by atoms with Crippen LogP contribution < -0.4 is 10.2 Å². The zero-order chi connectivity index (χ0) is 24.9. The molecule has 0 bridgehead atoms. The summed E-state index contributed by atoms with van der Waals surface area (Å²) in [5.74, 6) is -0.875. The Bertz CT molecular complexity index is 1090. The van der Waals surface area contributed by atoms with Gasteiger partial charge in [0.2, 0.25) is 5.91 Å². The van der Waals surface area contributed by atoms with Gasteiger partial charge in [-0.2, -0.15) is 0 Å². The second-order valence-electron chi connectivity index (χ2n) is 9.09. The molecule has 0 unspecified atom stereocenters. The minimum atomic E-state index is -0.522. The van der Waals surface area contributed by atoms with E-state index in [1.54, 1.807) is 28.0 Å². The maximum atomic E-state index is 14.1. The fourth-order valence-corrected chi connectivity index (χ4v) is 4.61. The van der Waals surface area contributed by atoms with Gasteiger partial charge in [-0.05, 0) is 57.0 Å². The number of amides is 3. The van der Waals surface area contributed by atoms with Gasteiger partial charge in [0.1, 0.15) is 5.82 Å². The molecule has 0 atom stereocenters. The van der Waals surface area contributed by atoms with Crippen LogP contribution in [0.4, 0.5) is 15.8 Å². The SMILES string of the molecule is CCN(CC)C(=O)c1cc(NC(=O)C2CCC2)ccc1N1CCN(C(=O)c2ccccc2F)CC1. The average Bonchev–Trinajstić information content (AvgIpc) is 2.83. The first kappa shape index (κ1) is 24.7. The van der Waals surface area contributed by atoms with Crippen molar-refractivity contribution in [3.05, 3.63) is 59.4 Å². The van der Waals surface area contributed by atoms with Crippen molar-refractivity contribution in [1.82, 2.24) is 9.80 Å². The number of carbonyl (C=O) groups excluding carboxylic acids is 3. The highest BCUT2D eigenvalue weighted by molar-refractivity contribution is 6.02. The Kier molecular flexibility index (Phi) is 7.68. The number of carbonyl (C=O) groups is 3. The van der Waals surface area contributed by atoms with E-state index in [9.17, 15) is 18.8 Å². The summed E-state index contributed by atoms with van der Waals surface area (Å²) in [6.45, 7) is 6.93. The minimum absolute atomic E-state index is 0.00510. The van der Waals surface area contributed by atoms with Crippen LogP contribution in [0.5, 0.6) is 0 Å². The monoisotopic (exact) mass is 480 g/mol. The molecule has 186 valence electrons. The van der Waals surface area contributed by atoms with Crippen LogP contribution >= 0.6 is 0 Å². The molecular weight excluding hydrogens is 447 g/mol. The van der Waals surface area contributed by atoms with Crippen molar-refractivity contribution >= 4 is 29.1 Å². The van der Waals surface area contributed by atoms with Gasteiger partial charge < -0.3 is 20.0 Å². The molecule has 7 nitrogen and oxygen atoms in total. The van der Waals surface area contributed by atoms with Crippen molar-refractivity contribution in [3.63, 3.8) is 0 Å². The van der Waals surface area contributed by atoms with Gasteiger partial charge in [-0.3, -0.25) is 14.4 Å². The van der Waals surface area contributed by atoms with Crippen molar-refractivity contribution in [2.75, 3.05) is 49.5 Å². The number of halogens is 1. The molecule has 2 fully saturated rings. The Labute approximate surface area is 205 Å². The summed E-state index contributed by atoms with van der Waals surface area (Å²) in [6, 6.07) is 11.5. The van der Waals surface area contributed by atoms with Crippen LogP contribution in [0.1, 0.15) is 53.8 Å². The molecule has 1 N–H and O–H groups in total. The van der Waals surface area contributed by atoms with Gasteiger partial charge in [-0.15, -0.1) is 0 Å². The molecule has 1 saturated carbocycles. The quantitative estimate of drug-likeness (QED) is 0.650. The first-order valence-electron chi connectivity index (χ1n) is 12.5. The Balaban J connectivity index is 1.53. The zero-order valence-electron chi connectivity index (χ0n) is 20.4. The second-order valence-corrected chi connectivity index (χ2v) is 9.09. The lowest BCUT2D eigenvalue weighted by molar-refractivity contribution is -0.122. The van der Waals surface area contributed by atoms with E-state index in [-0.39, 0.29) is 29.2 Å². The lowest BCUT2D eigenvalue weighted by atomic mass is 9.85. The molecule has 1 aliphatic heterocycles. The molecule has 0 spiro atoms. The number of nitrogens with zero attached hydrogens (tertiary/aromatic N) is 3. The van der Waals surface area contributed by atoms with E-state index in [0.717, 1.165) is 24.9 Å². The van der Waals surface area contributed by atoms with E-state index in [1.807, 2.05) is 26.0 Å². The van der Waals surface area contributed by atoms with Gasteiger partial charge in [0, 0.05) is 56.6 Å². The van der Waals surface area contributed by atoms with E-state index < -0.39 is 5.82 Å². The Morgan fingerprint density at radius 1 is 0.971 bits per heavy atom. The van der Waals surface area contributed by atoms with E-state index in [0.29, 0.717) is 50.5 Å². The third-order valence-corrected chi connectivity index (χ3v) is 7.03. The van der Waals surface area contributed by atoms with Gasteiger partial charge in [0.25, 0.3) is 11.8 Å². The Morgan fingerprint density at radius 2 is 1.66 bits per heavy atom. The molecule has 35 heavy (non-hydrogen) atoms. The molecular formula is C27H33FN4O3. The van der Waals surface area contributed by atoms with Crippen molar-refractivity contribution in [2.45, 2.75) is 33.1 Å². The number of hydrogen-bond donors (Lipinski definition) is 1. The number of hydrogen-bond acceptors (Lipinski definition) is 4. The van der Waals surface area contributed by atoms with Gasteiger partial charge >= 0.3 is 0 Å². The maximum Gasteiger partial charge on any atom is 0.256 e. The first-order valence-corrected chi connectivity index (χ1v) is 12.5. The van der Waals surface area contributed by atoms with Crippen molar-refractivity contribution in [3.8, 4) is 0 Å². The molecule has 3 amide bonds. The third-order valence-electron chi connectivity index (χ3n) is 7.03. The molecule has 8 heteroatoms. The second kappa shape index (κ2) is 10.9. The summed E-state index contributed by atoms with van der Waals surface area (Å²) in [5, 5.41) is 2.97. The largest absolute Gasteiger partial charge is 0.367 e. The molecule has 1 aliphatic carbocycles. The number of anilines is 2. The van der Waals surface area contributed by atoms with Crippen molar-refractivity contribution < 1.29 is 18.8 Å². The molecule has 2 aromatic rings. The van der Waals surface area contributed by atoms with E-state index >= 15 is 0 Å². The lowest BCUT2D eigenvalue weighted by Crippen LogP contribution is -2.49. The van der Waals surface area contributed by atoms with Crippen LogP contribution in [0.15, 0.2) is 42.5 Å². The highest BCUT2D eigenvalue weighted by Crippen LogP contribution is 2.30. The molecule has 4 rings (SSSR count). The number of nitrogens with one attached hydrogen (secondary N) is 1. The van der Waals surface area contributed by atoms with Crippen LogP contribution in [0.25, 0.3) is 0 Å². The predicted octanol–water partition coefficient (Wildman–Crippen LogP) is 4.01. The zero-order valence-corrected chi connectivity index (χ0v) is 20.4. The lowest BCUT2D eigenvalue weighted by Gasteiger charge is -2.37. The fourth-order valence-electron chi connectivity index (χ4n) is 4.61. The standard InChI is InChI=1S/C27H33FN4O3/c1-3-30(4-2)27(35)22-18-20(29-25(33)19-8-7-9-19)12-13-24(22)31-14-16-32(17-15-31)26(34)21-10-5-6-11-23(21)28/h5-6,10-13,18-19H,3-4,7-9,14-17H2,1-2H3,(H,29,33). The maximum absolute atomic E-state index is 14.1. The smallest absolute Gasteiger partial charge is 0.256 e. The molecule has 0 radical (unpaired) electrons. The highest BCUT2D eigenvalue weighted by Gasteiger charge is 2.28. The molecule has 2 aromatic carbocycles. The van der Waals surface area contributed by atoms with Crippen LogP contribution in [0.3, 0.4) is 0 Å². The summed E-state index contributed by atoms with van der Waals surface area (Å²) in [6.07, 6.45) is 2.89. The predicted molar refractivity (Wildman–Crippen MR) is 134 cm³/mol. The first-order chi connectivity index (χ1) is 16.9. The summed E-state index contributed by atoms with van der Waals surface area (Å²) in [4.78, 5) is 44.1. The summed E-state index contributed by atoms with van der Waals surface area (Å²) < 4.78 is 14.1. The summed E-state index contributed by atoms with van der Waals surface area (Å²) in [5.41, 5.74) is 2.01. The topological polar surface area (TPSA) is 73.0 Å². The van der Waals surface area contributed by atoms with Crippen LogP contribution in [0, 0.1) is 11.7 Å². The van der Waals surface area contributed by atoms with Crippen molar-refractivity contribution in [1.29, 1.82) is 0 Å². The van der Waals surface area contributed by atoms with Gasteiger partial charge in [0.05, 0.1) is 11.1 Å². The molecule has 0 aromatic heterocycles. The summed E-state index contributed by atoms with van der Waals surface area (Å²) >= 11 is 0. The third kappa shape index (κ3) is 5.31. The van der Waals surface area contributed by atoms with Crippen LogP contribution in [-0.2, 0) is 4.79 Å². The van der Waals surface area contributed by atoms with Gasteiger partial charge in [-0.1, -0.05) is 18.6 Å². The Morgan fingerprint density at radius 3 is 2.26 bits per heavy atom. The van der Waals surface area contributed by atoms with Gasteiger partial charge in [0.15, 0.2) is 0 Å². The highest BCUT2D eigenvalue weighted by atomic mass is 19.1. The molecule has 1 heterocycles. The van der Waals surface area contributed by atoms with Crippen LogP contribution in [0.2, 0.25) is 0 Å². The number of piperazine rings is 1. The number of rotatable bonds is 7.